The van der Waals surface area contributed by atoms with Crippen LogP contribution >= 0.6 is 0 Å². The highest BCUT2D eigenvalue weighted by atomic mass is 16.6. The van der Waals surface area contributed by atoms with Gasteiger partial charge in [-0.15, -0.1) is 0 Å². The molecule has 3 amide bonds. The summed E-state index contributed by atoms with van der Waals surface area (Å²) in [5, 5.41) is 46.8. The molecule has 0 aliphatic carbocycles. The molecule has 2 rings (SSSR count). The third-order valence-corrected chi connectivity index (χ3v) is 6.10. The summed E-state index contributed by atoms with van der Waals surface area (Å²) in [5.74, 6) is -2.75. The first-order valence-corrected chi connectivity index (χ1v) is 12.1. The Balaban J connectivity index is 2.05. The third kappa shape index (κ3) is 8.72. The lowest BCUT2D eigenvalue weighted by atomic mass is 9.97. The van der Waals surface area contributed by atoms with Crippen molar-refractivity contribution in [2.45, 2.75) is 75.0 Å². The maximum absolute atomic E-state index is 13.1. The molecular weight excluding hydrogens is 504 g/mol. The molecule has 8 atom stereocenters. The molecule has 0 aromatic heterocycles. The van der Waals surface area contributed by atoms with Crippen molar-refractivity contribution in [1.29, 1.82) is 0 Å². The van der Waals surface area contributed by atoms with Crippen molar-refractivity contribution >= 4 is 23.7 Å². The van der Waals surface area contributed by atoms with Crippen LogP contribution in [0.3, 0.4) is 0 Å². The molecule has 1 aromatic carbocycles. The number of amides is 3. The van der Waals surface area contributed by atoms with Crippen LogP contribution in [0.2, 0.25) is 0 Å². The number of ether oxygens (including phenoxy) is 2. The number of aliphatic hydroxyl groups is 4. The minimum absolute atomic E-state index is 0.00586. The van der Waals surface area contributed by atoms with Gasteiger partial charge >= 0.3 is 5.97 Å². The van der Waals surface area contributed by atoms with Gasteiger partial charge in [0.25, 0.3) is 0 Å². The van der Waals surface area contributed by atoms with Gasteiger partial charge in [-0.2, -0.15) is 0 Å². The van der Waals surface area contributed by atoms with Crippen molar-refractivity contribution < 1.29 is 49.1 Å². The number of benzene rings is 1. The molecule has 0 radical (unpaired) electrons. The molecule has 14 nitrogen and oxygen atoms in total. The lowest BCUT2D eigenvalue weighted by molar-refractivity contribution is -0.253. The van der Waals surface area contributed by atoms with Gasteiger partial charge in [0.2, 0.25) is 17.7 Å². The van der Waals surface area contributed by atoms with Crippen molar-refractivity contribution in [3.05, 3.63) is 35.9 Å². The summed E-state index contributed by atoms with van der Waals surface area (Å²) >= 11 is 0. The fourth-order valence-corrected chi connectivity index (χ4v) is 3.77. The lowest BCUT2D eigenvalue weighted by Gasteiger charge is -2.40. The molecule has 0 spiro atoms. The minimum Gasteiger partial charge on any atom is -0.469 e. The van der Waals surface area contributed by atoms with E-state index in [9.17, 15) is 39.6 Å². The molecular formula is C24H36N4O10. The molecule has 1 aliphatic heterocycles. The topological polar surface area (TPSA) is 230 Å². The Hall–Kier alpha value is -3.14. The molecule has 1 saturated heterocycles. The normalized spacial score (nSPS) is 25.4. The summed E-state index contributed by atoms with van der Waals surface area (Å²) in [4.78, 5) is 49.8. The Kier molecular flexibility index (Phi) is 12.0. The zero-order chi connectivity index (χ0) is 28.4. The van der Waals surface area contributed by atoms with Gasteiger partial charge in [-0.25, -0.2) is 0 Å². The Morgan fingerprint density at radius 3 is 2.29 bits per heavy atom. The highest BCUT2D eigenvalue weighted by Crippen LogP contribution is 2.19. The van der Waals surface area contributed by atoms with Gasteiger partial charge in [-0.3, -0.25) is 19.2 Å². The molecule has 0 unspecified atom stereocenters. The number of methoxy groups -OCH3 is 1. The van der Waals surface area contributed by atoms with Crippen molar-refractivity contribution in [2.75, 3.05) is 13.7 Å². The number of rotatable bonds is 12. The monoisotopic (exact) mass is 540 g/mol. The van der Waals surface area contributed by atoms with Crippen LogP contribution in [0.5, 0.6) is 0 Å². The fourth-order valence-electron chi connectivity index (χ4n) is 3.77. The van der Waals surface area contributed by atoms with E-state index in [1.807, 2.05) is 0 Å². The first-order chi connectivity index (χ1) is 18.0. The van der Waals surface area contributed by atoms with E-state index in [1.54, 1.807) is 30.3 Å². The highest BCUT2D eigenvalue weighted by molar-refractivity contribution is 5.93. The Morgan fingerprint density at radius 1 is 1.03 bits per heavy atom. The fraction of sp³-hybridized carbons (Fsp3) is 0.583. The quantitative estimate of drug-likeness (QED) is 0.121. The van der Waals surface area contributed by atoms with Gasteiger partial charge in [0.1, 0.15) is 36.4 Å². The number of nitrogens with two attached hydrogens (primary N) is 1. The molecule has 1 heterocycles. The number of carbonyl (C=O) groups is 4. The first-order valence-electron chi connectivity index (χ1n) is 12.1. The Bertz CT molecular complexity index is 949. The second-order valence-corrected chi connectivity index (χ2v) is 8.97. The van der Waals surface area contributed by atoms with E-state index in [2.05, 4.69) is 20.7 Å². The van der Waals surface area contributed by atoms with Crippen molar-refractivity contribution in [3.63, 3.8) is 0 Å². The predicted molar refractivity (Wildman–Crippen MR) is 131 cm³/mol. The van der Waals surface area contributed by atoms with Crippen molar-refractivity contribution in [2.24, 2.45) is 5.73 Å². The second kappa shape index (κ2) is 14.7. The molecule has 0 saturated carbocycles. The van der Waals surface area contributed by atoms with Crippen LogP contribution < -0.4 is 21.7 Å². The summed E-state index contributed by atoms with van der Waals surface area (Å²) in [6.07, 6.45) is -6.23. The standard InChI is InChI=1S/C24H36N4O10/c1-12(21(33)28-18-20(32)19(31)16(11-29)38-24(18)36)26-23(35)15(10-13-6-4-3-5-7-13)27-22(34)14(25)8-9-17(30)37-2/h3-7,12,14-16,18-20,24,29,31-32,36H,8-11,25H2,1-2H3,(H,26,35)(H,27,34)(H,28,33)/t12-,14+,15+,16-,18-,19+,20-,24-/m0/s1. The maximum atomic E-state index is 13.1. The van der Waals surface area contributed by atoms with Gasteiger partial charge in [0.05, 0.1) is 19.8 Å². The molecule has 14 heteroatoms. The van der Waals surface area contributed by atoms with Gasteiger partial charge in [0, 0.05) is 12.8 Å². The zero-order valence-electron chi connectivity index (χ0n) is 21.1. The van der Waals surface area contributed by atoms with Crippen molar-refractivity contribution in [3.8, 4) is 0 Å². The third-order valence-electron chi connectivity index (χ3n) is 6.10. The Labute approximate surface area is 219 Å². The molecule has 38 heavy (non-hydrogen) atoms. The average molecular weight is 541 g/mol. The summed E-state index contributed by atoms with van der Waals surface area (Å²) < 4.78 is 9.55. The van der Waals surface area contributed by atoms with Crippen LogP contribution in [-0.2, 0) is 35.1 Å². The van der Waals surface area contributed by atoms with E-state index < -0.39 is 79.1 Å². The number of carbonyl (C=O) groups excluding carboxylic acids is 4. The largest absolute Gasteiger partial charge is 0.469 e. The molecule has 9 N–H and O–H groups in total. The van der Waals surface area contributed by atoms with E-state index in [-0.39, 0.29) is 19.3 Å². The summed E-state index contributed by atoms with van der Waals surface area (Å²) in [7, 11) is 1.21. The maximum Gasteiger partial charge on any atom is 0.305 e. The minimum atomic E-state index is -1.73. The number of aliphatic hydroxyl groups excluding tert-OH is 4. The van der Waals surface area contributed by atoms with Gasteiger partial charge in [-0.05, 0) is 18.9 Å². The number of hydrogen-bond acceptors (Lipinski definition) is 11. The molecule has 212 valence electrons. The van der Waals surface area contributed by atoms with Crippen LogP contribution in [0.25, 0.3) is 0 Å². The van der Waals surface area contributed by atoms with Crippen LogP contribution in [0.1, 0.15) is 25.3 Å². The Morgan fingerprint density at radius 2 is 1.68 bits per heavy atom. The second-order valence-electron chi connectivity index (χ2n) is 8.97. The van der Waals surface area contributed by atoms with Crippen LogP contribution in [0.4, 0.5) is 0 Å². The van der Waals surface area contributed by atoms with Crippen molar-refractivity contribution in [1.82, 2.24) is 16.0 Å². The van der Waals surface area contributed by atoms with E-state index in [0.29, 0.717) is 5.56 Å². The lowest BCUT2D eigenvalue weighted by Crippen LogP contribution is -2.65. The van der Waals surface area contributed by atoms with Gasteiger partial charge < -0.3 is 51.6 Å². The van der Waals surface area contributed by atoms with E-state index >= 15 is 0 Å². The zero-order valence-corrected chi connectivity index (χ0v) is 21.1. The molecule has 1 aromatic rings. The molecule has 0 bridgehead atoms. The van der Waals surface area contributed by atoms with E-state index in [0.717, 1.165) is 0 Å². The summed E-state index contributed by atoms with van der Waals surface area (Å²) in [6, 6.07) is 3.92. The van der Waals surface area contributed by atoms with Crippen LogP contribution in [0.15, 0.2) is 30.3 Å². The first kappa shape index (κ1) is 31.1. The van der Waals surface area contributed by atoms with Gasteiger partial charge in [-0.1, -0.05) is 30.3 Å². The highest BCUT2D eigenvalue weighted by Gasteiger charge is 2.44. The number of hydrogen-bond donors (Lipinski definition) is 8. The predicted octanol–water partition coefficient (Wildman–Crippen LogP) is -3.58. The summed E-state index contributed by atoms with van der Waals surface area (Å²) in [5.41, 5.74) is 6.58. The SMILES string of the molecule is COC(=O)CC[C@@H](N)C(=O)N[C@H](Cc1ccccc1)C(=O)N[C@@H](C)C(=O)N[C@H]1[C@H](O)[C@H](O)[C@H](CO)O[C@@H]1O. The van der Waals surface area contributed by atoms with Crippen LogP contribution in [-0.4, -0.2) is 107 Å². The smallest absolute Gasteiger partial charge is 0.305 e. The van der Waals surface area contributed by atoms with E-state index in [1.165, 1.54) is 14.0 Å². The average Bonchev–Trinajstić information content (AvgIpc) is 2.91. The molecule has 1 aliphatic rings. The number of esters is 1. The molecule has 1 fully saturated rings. The van der Waals surface area contributed by atoms with E-state index in [4.69, 9.17) is 10.5 Å². The van der Waals surface area contributed by atoms with Crippen LogP contribution in [0, 0.1) is 0 Å². The van der Waals surface area contributed by atoms with Gasteiger partial charge in [0.15, 0.2) is 6.29 Å². The summed E-state index contributed by atoms with van der Waals surface area (Å²) in [6.45, 7) is 0.676. The number of nitrogens with one attached hydrogen (secondary N) is 3.